The van der Waals surface area contributed by atoms with Gasteiger partial charge < -0.3 is 42.6 Å². The van der Waals surface area contributed by atoms with Crippen molar-refractivity contribution >= 4 is 40.5 Å². The zero-order chi connectivity index (χ0) is 30.8. The number of para-hydroxylation sites is 1. The highest BCUT2D eigenvalue weighted by Crippen LogP contribution is 2.19. The Labute approximate surface area is 242 Å². The van der Waals surface area contributed by atoms with Crippen LogP contribution in [0.3, 0.4) is 0 Å². The average molecular weight is 581 g/mol. The van der Waals surface area contributed by atoms with Crippen LogP contribution in [0.1, 0.15) is 30.9 Å². The van der Waals surface area contributed by atoms with Crippen LogP contribution in [0, 0.1) is 0 Å². The van der Waals surface area contributed by atoms with E-state index in [1.54, 1.807) is 36.5 Å². The number of aromatic amines is 1. The number of rotatable bonds is 15. The van der Waals surface area contributed by atoms with E-state index >= 15 is 0 Å². The van der Waals surface area contributed by atoms with Gasteiger partial charge in [-0.25, -0.2) is 4.79 Å². The Morgan fingerprint density at radius 3 is 2.14 bits per heavy atom. The topological polar surface area (TPSA) is 230 Å². The molecule has 13 nitrogen and oxygen atoms in total. The first-order chi connectivity index (χ1) is 20.0. The van der Waals surface area contributed by atoms with Gasteiger partial charge in [-0.2, -0.15) is 0 Å². The van der Waals surface area contributed by atoms with Crippen LogP contribution in [0.15, 0.2) is 60.8 Å². The van der Waals surface area contributed by atoms with Crippen molar-refractivity contribution in [3.05, 3.63) is 71.9 Å². The van der Waals surface area contributed by atoms with Crippen LogP contribution in [0.4, 0.5) is 0 Å². The molecule has 0 saturated heterocycles. The SMILES string of the molecule is CC(O)C(NC(=O)C(Cc1ccccc1)NC(=O)C(N)Cc1c[nH]c2ccccc12)C(=O)NC(CCC(N)=O)C(=O)O. The normalized spacial score (nSPS) is 14.6. The third-order valence-corrected chi connectivity index (χ3v) is 6.72. The molecule has 2 aromatic carbocycles. The number of carboxylic acid groups (broad SMARTS) is 1. The van der Waals surface area contributed by atoms with Gasteiger partial charge in [-0.15, -0.1) is 0 Å². The number of aliphatic hydroxyl groups is 1. The van der Waals surface area contributed by atoms with Crippen LogP contribution >= 0.6 is 0 Å². The minimum absolute atomic E-state index is 0.0444. The lowest BCUT2D eigenvalue weighted by Gasteiger charge is -2.26. The molecule has 0 fully saturated rings. The van der Waals surface area contributed by atoms with Crippen molar-refractivity contribution < 1.29 is 34.2 Å². The highest BCUT2D eigenvalue weighted by atomic mass is 16.4. The second-order valence-corrected chi connectivity index (χ2v) is 10.1. The summed E-state index contributed by atoms with van der Waals surface area (Å²) in [4.78, 5) is 65.2. The maximum absolute atomic E-state index is 13.4. The molecule has 0 spiro atoms. The standard InChI is InChI=1S/C29H36N6O7/c1-16(36)25(28(40)33-22(29(41)42)11-12-24(31)37)35-27(39)23(13-17-7-3-2-4-8-17)34-26(38)20(30)14-18-15-32-21-10-6-5-9-19(18)21/h2-10,15-16,20,22-23,25,32,36H,11-14,30H2,1H3,(H2,31,37)(H,33,40)(H,34,38)(H,35,39)(H,41,42). The summed E-state index contributed by atoms with van der Waals surface area (Å²) in [6, 6.07) is 11.1. The Hall–Kier alpha value is -4.75. The summed E-state index contributed by atoms with van der Waals surface area (Å²) in [5, 5.41) is 27.9. The van der Waals surface area contributed by atoms with Gasteiger partial charge in [0.2, 0.25) is 23.6 Å². The highest BCUT2D eigenvalue weighted by molar-refractivity contribution is 5.95. The number of nitrogens with one attached hydrogen (secondary N) is 4. The first kappa shape index (κ1) is 31.8. The fourth-order valence-corrected chi connectivity index (χ4v) is 4.43. The number of aliphatic hydroxyl groups excluding tert-OH is 1. The van der Waals surface area contributed by atoms with Crippen LogP contribution < -0.4 is 27.4 Å². The lowest BCUT2D eigenvalue weighted by atomic mass is 10.0. The molecular weight excluding hydrogens is 544 g/mol. The van der Waals surface area contributed by atoms with E-state index in [0.29, 0.717) is 5.56 Å². The molecular formula is C29H36N6O7. The minimum Gasteiger partial charge on any atom is -0.480 e. The van der Waals surface area contributed by atoms with E-state index < -0.39 is 59.9 Å². The van der Waals surface area contributed by atoms with Gasteiger partial charge in [0.15, 0.2) is 0 Å². The fourth-order valence-electron chi connectivity index (χ4n) is 4.43. The molecule has 224 valence electrons. The van der Waals surface area contributed by atoms with Crippen LogP contribution in [0.2, 0.25) is 0 Å². The Bertz CT molecular complexity index is 1410. The van der Waals surface area contributed by atoms with E-state index in [0.717, 1.165) is 16.5 Å². The zero-order valence-corrected chi connectivity index (χ0v) is 23.1. The number of H-pyrrole nitrogens is 1. The van der Waals surface area contributed by atoms with Crippen molar-refractivity contribution in [2.75, 3.05) is 0 Å². The molecule has 1 aromatic heterocycles. The predicted octanol–water partition coefficient (Wildman–Crippen LogP) is -0.534. The maximum atomic E-state index is 13.4. The third-order valence-electron chi connectivity index (χ3n) is 6.72. The van der Waals surface area contributed by atoms with Crippen molar-refractivity contribution in [1.82, 2.24) is 20.9 Å². The lowest BCUT2D eigenvalue weighted by molar-refractivity contribution is -0.143. The van der Waals surface area contributed by atoms with Gasteiger partial charge in [0.05, 0.1) is 12.1 Å². The van der Waals surface area contributed by atoms with Gasteiger partial charge in [0.25, 0.3) is 0 Å². The van der Waals surface area contributed by atoms with E-state index in [2.05, 4.69) is 20.9 Å². The second kappa shape index (κ2) is 14.8. The Kier molecular flexibility index (Phi) is 11.2. The zero-order valence-electron chi connectivity index (χ0n) is 23.1. The predicted molar refractivity (Wildman–Crippen MR) is 154 cm³/mol. The molecule has 1 heterocycles. The number of fused-ring (bicyclic) bond motifs is 1. The first-order valence-corrected chi connectivity index (χ1v) is 13.4. The van der Waals surface area contributed by atoms with E-state index in [1.807, 2.05) is 24.3 Å². The van der Waals surface area contributed by atoms with Crippen molar-refractivity contribution in [1.29, 1.82) is 0 Å². The number of amides is 4. The van der Waals surface area contributed by atoms with Crippen molar-refractivity contribution in [3.63, 3.8) is 0 Å². The molecule has 0 saturated carbocycles. The van der Waals surface area contributed by atoms with E-state index in [4.69, 9.17) is 11.5 Å². The van der Waals surface area contributed by atoms with Crippen LogP contribution in [0.5, 0.6) is 0 Å². The van der Waals surface area contributed by atoms with Gasteiger partial charge in [-0.3, -0.25) is 19.2 Å². The molecule has 0 aliphatic carbocycles. The summed E-state index contributed by atoms with van der Waals surface area (Å²) in [6.45, 7) is 1.24. The molecule has 3 rings (SSSR count). The summed E-state index contributed by atoms with van der Waals surface area (Å²) in [5.41, 5.74) is 13.7. The molecule has 13 heteroatoms. The number of hydrogen-bond acceptors (Lipinski definition) is 7. The van der Waals surface area contributed by atoms with Gasteiger partial charge in [0, 0.05) is 29.9 Å². The van der Waals surface area contributed by atoms with Gasteiger partial charge >= 0.3 is 5.97 Å². The monoisotopic (exact) mass is 580 g/mol. The largest absolute Gasteiger partial charge is 0.480 e. The van der Waals surface area contributed by atoms with E-state index in [1.165, 1.54) is 6.92 Å². The molecule has 0 aliphatic heterocycles. The Balaban J connectivity index is 1.75. The second-order valence-electron chi connectivity index (χ2n) is 10.1. The number of primary amides is 1. The summed E-state index contributed by atoms with van der Waals surface area (Å²) >= 11 is 0. The van der Waals surface area contributed by atoms with Gasteiger partial charge in [-0.1, -0.05) is 48.5 Å². The van der Waals surface area contributed by atoms with Gasteiger partial charge in [0.1, 0.15) is 18.1 Å². The fraction of sp³-hybridized carbons (Fsp3) is 0.345. The quantitative estimate of drug-likeness (QED) is 0.116. The van der Waals surface area contributed by atoms with Crippen molar-refractivity contribution in [2.24, 2.45) is 11.5 Å². The number of carbonyl (C=O) groups is 5. The number of aromatic nitrogens is 1. The smallest absolute Gasteiger partial charge is 0.326 e. The van der Waals surface area contributed by atoms with Crippen molar-refractivity contribution in [2.45, 2.75) is 62.9 Å². The highest BCUT2D eigenvalue weighted by Gasteiger charge is 2.33. The summed E-state index contributed by atoms with van der Waals surface area (Å²) in [6.07, 6.45) is -0.00768. The van der Waals surface area contributed by atoms with Gasteiger partial charge in [-0.05, 0) is 37.0 Å². The minimum atomic E-state index is -1.57. The maximum Gasteiger partial charge on any atom is 0.326 e. The number of hydrogen-bond donors (Lipinski definition) is 8. The van der Waals surface area contributed by atoms with Crippen LogP contribution in [0.25, 0.3) is 10.9 Å². The average Bonchev–Trinajstić information content (AvgIpc) is 3.35. The molecule has 5 unspecified atom stereocenters. The number of nitrogens with two attached hydrogens (primary N) is 2. The molecule has 3 aromatic rings. The summed E-state index contributed by atoms with van der Waals surface area (Å²) in [5.74, 6) is -4.56. The molecule has 4 amide bonds. The molecule has 0 aliphatic rings. The Morgan fingerprint density at radius 1 is 0.857 bits per heavy atom. The molecule has 0 radical (unpaired) electrons. The lowest BCUT2D eigenvalue weighted by Crippen LogP contribution is -2.60. The van der Waals surface area contributed by atoms with E-state index in [-0.39, 0.29) is 25.7 Å². The van der Waals surface area contributed by atoms with Crippen molar-refractivity contribution in [3.8, 4) is 0 Å². The molecule has 42 heavy (non-hydrogen) atoms. The summed E-state index contributed by atoms with van der Waals surface area (Å²) < 4.78 is 0. The molecule has 0 bridgehead atoms. The van der Waals surface area contributed by atoms with Crippen LogP contribution in [-0.4, -0.2) is 75.1 Å². The molecule has 10 N–H and O–H groups in total. The number of benzene rings is 2. The molecule has 5 atom stereocenters. The van der Waals surface area contributed by atoms with Crippen LogP contribution in [-0.2, 0) is 36.8 Å². The number of aliphatic carboxylic acids is 1. The third kappa shape index (κ3) is 8.88. The van der Waals surface area contributed by atoms with E-state index in [9.17, 15) is 34.2 Å². The number of carboxylic acids is 1. The first-order valence-electron chi connectivity index (χ1n) is 13.4. The summed E-state index contributed by atoms with van der Waals surface area (Å²) in [7, 11) is 0. The Morgan fingerprint density at radius 2 is 1.50 bits per heavy atom. The number of carbonyl (C=O) groups excluding carboxylic acids is 4.